The summed E-state index contributed by atoms with van der Waals surface area (Å²) in [5.41, 5.74) is 10.8. The van der Waals surface area contributed by atoms with Crippen LogP contribution in [0.25, 0.3) is 0 Å². The second-order valence-corrected chi connectivity index (χ2v) is 3.67. The molecule has 0 aliphatic heterocycles. The Morgan fingerprint density at radius 3 is 1.28 bits per heavy atom. The summed E-state index contributed by atoms with van der Waals surface area (Å²) in [4.78, 5) is 0. The maximum atomic E-state index is 7.08. The van der Waals surface area contributed by atoms with Crippen molar-refractivity contribution < 1.29 is 10.4 Å². The van der Waals surface area contributed by atoms with E-state index in [1.807, 2.05) is 10.6 Å². The second-order valence-electron chi connectivity index (χ2n) is 3.67. The lowest BCUT2D eigenvalue weighted by atomic mass is 10.3. The van der Waals surface area contributed by atoms with Crippen molar-refractivity contribution in [2.75, 3.05) is 39.3 Å². The fourth-order valence-electron chi connectivity index (χ4n) is 1.20. The molecule has 0 radical (unpaired) electrons. The van der Waals surface area contributed by atoms with E-state index in [1.165, 1.54) is 12.8 Å². The Hall–Kier alpha value is -0.960. The fraction of sp³-hybridized carbons (Fsp3) is 1.00. The molecule has 0 aromatic rings. The predicted molar refractivity (Wildman–Crippen MR) is 70.7 cm³/mol. The van der Waals surface area contributed by atoms with Gasteiger partial charge in [0, 0.05) is 0 Å². The SMILES string of the molecule is NCCCNCCCCNCCCN.ON=NO. The minimum Gasteiger partial charge on any atom is -0.392 e. The molecule has 0 saturated heterocycles. The van der Waals surface area contributed by atoms with E-state index in [0.717, 1.165) is 52.1 Å². The normalized spacial score (nSPS) is 10.3. The van der Waals surface area contributed by atoms with Crippen LogP contribution in [0, 0.1) is 0 Å². The first-order valence-corrected chi connectivity index (χ1v) is 6.33. The summed E-state index contributed by atoms with van der Waals surface area (Å²) in [6.45, 7) is 5.90. The van der Waals surface area contributed by atoms with E-state index in [0.29, 0.717) is 0 Å². The molecule has 0 aromatic heterocycles. The maximum Gasteiger partial charge on any atom is 0.0606 e. The average Bonchev–Trinajstić information content (AvgIpc) is 2.41. The molecule has 110 valence electrons. The Bertz CT molecular complexity index is 143. The van der Waals surface area contributed by atoms with Gasteiger partial charge in [0.2, 0.25) is 0 Å². The first-order chi connectivity index (χ1) is 8.83. The molecule has 18 heavy (non-hydrogen) atoms. The van der Waals surface area contributed by atoms with E-state index in [4.69, 9.17) is 21.9 Å². The third kappa shape index (κ3) is 24.3. The smallest absolute Gasteiger partial charge is 0.0606 e. The highest BCUT2D eigenvalue weighted by molar-refractivity contribution is 4.52. The molecule has 0 atom stereocenters. The van der Waals surface area contributed by atoms with Crippen molar-refractivity contribution in [2.24, 2.45) is 22.0 Å². The van der Waals surface area contributed by atoms with Gasteiger partial charge in [0.05, 0.1) is 10.6 Å². The highest BCUT2D eigenvalue weighted by atomic mass is 16.5. The van der Waals surface area contributed by atoms with Gasteiger partial charge >= 0.3 is 0 Å². The number of hydrogen-bond acceptors (Lipinski definition) is 6. The van der Waals surface area contributed by atoms with Gasteiger partial charge in [-0.2, -0.15) is 0 Å². The molecule has 0 heterocycles. The van der Waals surface area contributed by atoms with Crippen LogP contribution < -0.4 is 22.1 Å². The summed E-state index contributed by atoms with van der Waals surface area (Å²) in [6.07, 6.45) is 4.63. The summed E-state index contributed by atoms with van der Waals surface area (Å²) in [5, 5.41) is 24.7. The van der Waals surface area contributed by atoms with Crippen molar-refractivity contribution in [3.05, 3.63) is 0 Å². The van der Waals surface area contributed by atoms with Crippen LogP contribution in [0.4, 0.5) is 0 Å². The molecule has 0 fully saturated rings. The number of unbranched alkanes of at least 4 members (excludes halogenated alkanes) is 1. The number of hydrogen-bond donors (Lipinski definition) is 6. The molecular weight excluding hydrogens is 236 g/mol. The molecule has 0 bridgehead atoms. The Kier molecular flexibility index (Phi) is 23.0. The monoisotopic (exact) mass is 264 g/mol. The van der Waals surface area contributed by atoms with Gasteiger partial charge in [-0.25, -0.2) is 0 Å². The highest BCUT2D eigenvalue weighted by Crippen LogP contribution is 1.84. The summed E-state index contributed by atoms with van der Waals surface area (Å²) in [5.74, 6) is 0. The first kappa shape index (κ1) is 19.4. The molecule has 8 nitrogen and oxygen atoms in total. The number of rotatable bonds is 11. The molecule has 0 amide bonds. The zero-order valence-electron chi connectivity index (χ0n) is 11.0. The van der Waals surface area contributed by atoms with Gasteiger partial charge in [0.15, 0.2) is 0 Å². The van der Waals surface area contributed by atoms with Gasteiger partial charge in [-0.05, 0) is 65.0 Å². The second kappa shape index (κ2) is 21.3. The van der Waals surface area contributed by atoms with Crippen LogP contribution in [0.3, 0.4) is 0 Å². The van der Waals surface area contributed by atoms with Crippen LogP contribution in [-0.4, -0.2) is 49.7 Å². The van der Waals surface area contributed by atoms with Crippen LogP contribution in [-0.2, 0) is 0 Å². The minimum absolute atomic E-state index is 0.785. The third-order valence-corrected chi connectivity index (χ3v) is 2.11. The van der Waals surface area contributed by atoms with Crippen LogP contribution in [0.2, 0.25) is 0 Å². The Balaban J connectivity index is 0. The molecule has 0 spiro atoms. The molecular formula is C10H28N6O2. The standard InChI is InChI=1S/C10H26N4.H2N2O2/c11-5-3-9-13-7-1-2-8-14-10-4-6-12;3-1-2-4/h13-14H,1-12H2;(H,1,4)(H,2,3). The van der Waals surface area contributed by atoms with Gasteiger partial charge < -0.3 is 32.5 Å². The van der Waals surface area contributed by atoms with Gasteiger partial charge in [0.1, 0.15) is 0 Å². The lowest BCUT2D eigenvalue weighted by Gasteiger charge is -2.04. The van der Waals surface area contributed by atoms with Crippen molar-refractivity contribution in [1.29, 1.82) is 0 Å². The largest absolute Gasteiger partial charge is 0.392 e. The Morgan fingerprint density at radius 1 is 0.667 bits per heavy atom. The zero-order chi connectivity index (χ0) is 13.9. The summed E-state index contributed by atoms with van der Waals surface area (Å²) < 4.78 is 0. The maximum absolute atomic E-state index is 7.08. The van der Waals surface area contributed by atoms with Crippen molar-refractivity contribution in [2.45, 2.75) is 25.7 Å². The molecule has 8 N–H and O–H groups in total. The number of nitrogens with two attached hydrogens (primary N) is 2. The van der Waals surface area contributed by atoms with Gasteiger partial charge in [-0.3, -0.25) is 0 Å². The van der Waals surface area contributed by atoms with Gasteiger partial charge in [0.25, 0.3) is 0 Å². The van der Waals surface area contributed by atoms with Crippen molar-refractivity contribution >= 4 is 0 Å². The zero-order valence-corrected chi connectivity index (χ0v) is 11.0. The van der Waals surface area contributed by atoms with E-state index in [-0.39, 0.29) is 0 Å². The van der Waals surface area contributed by atoms with Crippen molar-refractivity contribution in [3.63, 3.8) is 0 Å². The molecule has 0 aliphatic carbocycles. The summed E-state index contributed by atoms with van der Waals surface area (Å²) >= 11 is 0. The first-order valence-electron chi connectivity index (χ1n) is 6.33. The number of nitrogens with zero attached hydrogens (tertiary/aromatic N) is 2. The minimum atomic E-state index is 0.785. The predicted octanol–water partition coefficient (Wildman–Crippen LogP) is -0.140. The molecule has 0 aliphatic rings. The van der Waals surface area contributed by atoms with E-state index in [1.54, 1.807) is 0 Å². The van der Waals surface area contributed by atoms with Crippen LogP contribution >= 0.6 is 0 Å². The van der Waals surface area contributed by atoms with Crippen LogP contribution in [0.1, 0.15) is 25.7 Å². The van der Waals surface area contributed by atoms with E-state index >= 15 is 0 Å². The van der Waals surface area contributed by atoms with E-state index in [2.05, 4.69) is 10.6 Å². The van der Waals surface area contributed by atoms with Gasteiger partial charge in [-0.15, -0.1) is 0 Å². The van der Waals surface area contributed by atoms with Crippen LogP contribution in [0.5, 0.6) is 0 Å². The van der Waals surface area contributed by atoms with E-state index in [9.17, 15) is 0 Å². The van der Waals surface area contributed by atoms with Gasteiger partial charge in [-0.1, -0.05) is 0 Å². The third-order valence-electron chi connectivity index (χ3n) is 2.11. The highest BCUT2D eigenvalue weighted by Gasteiger charge is 1.89. The Morgan fingerprint density at radius 2 is 1.00 bits per heavy atom. The molecule has 0 aromatic carbocycles. The topological polar surface area (TPSA) is 141 Å². The quantitative estimate of drug-likeness (QED) is 0.174. The van der Waals surface area contributed by atoms with Crippen molar-refractivity contribution in [1.82, 2.24) is 10.6 Å². The fourth-order valence-corrected chi connectivity index (χ4v) is 1.20. The van der Waals surface area contributed by atoms with Crippen molar-refractivity contribution in [3.8, 4) is 0 Å². The number of nitrogens with one attached hydrogen (secondary N) is 2. The molecule has 0 saturated carbocycles. The summed E-state index contributed by atoms with van der Waals surface area (Å²) in [7, 11) is 0. The average molecular weight is 264 g/mol. The summed E-state index contributed by atoms with van der Waals surface area (Å²) in [6, 6.07) is 0. The lowest BCUT2D eigenvalue weighted by molar-refractivity contribution is 0.177. The molecule has 8 heteroatoms. The molecule has 0 unspecified atom stereocenters. The lowest BCUT2D eigenvalue weighted by Crippen LogP contribution is -2.22. The van der Waals surface area contributed by atoms with E-state index < -0.39 is 0 Å². The van der Waals surface area contributed by atoms with Crippen LogP contribution in [0.15, 0.2) is 10.6 Å². The molecule has 0 rings (SSSR count). The Labute approximate surface area is 109 Å².